The maximum atomic E-state index is 5.40. The average molecular weight is 317 g/mol. The van der Waals surface area contributed by atoms with Gasteiger partial charge in [-0.25, -0.2) is 0 Å². The zero-order chi connectivity index (χ0) is 9.07. The summed E-state index contributed by atoms with van der Waals surface area (Å²) in [7, 11) is 0. The molecule has 13 heavy (non-hydrogen) atoms. The molecule has 0 saturated carbocycles. The van der Waals surface area contributed by atoms with Crippen LogP contribution >= 0.6 is 32.9 Å². The minimum absolute atomic E-state index is 0. The largest absolute Gasteiger partial charge is 0.330 e. The van der Waals surface area contributed by atoms with Crippen molar-refractivity contribution in [2.75, 3.05) is 11.9 Å². The topological polar surface area (TPSA) is 26.0 Å². The second kappa shape index (κ2) is 15.4. The Morgan fingerprint density at radius 1 is 0.692 bits per heavy atom. The first kappa shape index (κ1) is 16.4. The SMILES string of the molecule is Br.NCCCCCCCCCCBr. The average Bonchev–Trinajstić information content (AvgIpc) is 2.10. The molecule has 0 aromatic carbocycles. The number of rotatable bonds is 9. The molecule has 82 valence electrons. The Balaban J connectivity index is 0. The maximum absolute atomic E-state index is 5.40. The van der Waals surface area contributed by atoms with Gasteiger partial charge in [-0.15, -0.1) is 17.0 Å². The molecule has 1 nitrogen and oxygen atoms in total. The van der Waals surface area contributed by atoms with Crippen LogP contribution in [-0.2, 0) is 0 Å². The van der Waals surface area contributed by atoms with Crippen LogP contribution in [0.5, 0.6) is 0 Å². The third kappa shape index (κ3) is 15.7. The van der Waals surface area contributed by atoms with Gasteiger partial charge in [-0.2, -0.15) is 0 Å². The lowest BCUT2D eigenvalue weighted by molar-refractivity contribution is 0.580. The summed E-state index contributed by atoms with van der Waals surface area (Å²) in [6.07, 6.45) is 10.9. The van der Waals surface area contributed by atoms with Gasteiger partial charge in [0.15, 0.2) is 0 Å². The van der Waals surface area contributed by atoms with E-state index in [1.54, 1.807) is 0 Å². The normalized spacial score (nSPS) is 9.69. The highest BCUT2D eigenvalue weighted by molar-refractivity contribution is 9.09. The first-order valence-electron chi connectivity index (χ1n) is 5.18. The van der Waals surface area contributed by atoms with Gasteiger partial charge in [0.05, 0.1) is 0 Å². The fraction of sp³-hybridized carbons (Fsp3) is 1.00. The van der Waals surface area contributed by atoms with Gasteiger partial charge in [-0.05, 0) is 19.4 Å². The first-order valence-corrected chi connectivity index (χ1v) is 6.30. The van der Waals surface area contributed by atoms with Crippen LogP contribution in [0.1, 0.15) is 51.4 Å². The van der Waals surface area contributed by atoms with Crippen molar-refractivity contribution in [1.82, 2.24) is 0 Å². The summed E-state index contributed by atoms with van der Waals surface area (Å²) in [5.74, 6) is 0. The molecule has 0 aromatic heterocycles. The lowest BCUT2D eigenvalue weighted by Crippen LogP contribution is -1.97. The summed E-state index contributed by atoms with van der Waals surface area (Å²) in [6.45, 7) is 0.865. The molecule has 0 amide bonds. The molecule has 0 aliphatic heterocycles. The van der Waals surface area contributed by atoms with E-state index in [2.05, 4.69) is 15.9 Å². The van der Waals surface area contributed by atoms with Gasteiger partial charge < -0.3 is 5.73 Å². The molecule has 2 N–H and O–H groups in total. The summed E-state index contributed by atoms with van der Waals surface area (Å²) in [6, 6.07) is 0. The monoisotopic (exact) mass is 315 g/mol. The van der Waals surface area contributed by atoms with E-state index >= 15 is 0 Å². The number of hydrogen-bond donors (Lipinski definition) is 1. The summed E-state index contributed by atoms with van der Waals surface area (Å²) in [4.78, 5) is 0. The van der Waals surface area contributed by atoms with E-state index in [1.807, 2.05) is 0 Å². The maximum Gasteiger partial charge on any atom is 0.00313 e. The fourth-order valence-corrected chi connectivity index (χ4v) is 1.70. The molecule has 0 aromatic rings. The molecule has 0 bridgehead atoms. The van der Waals surface area contributed by atoms with Crippen molar-refractivity contribution in [2.45, 2.75) is 51.4 Å². The van der Waals surface area contributed by atoms with Gasteiger partial charge in [0.25, 0.3) is 0 Å². The highest BCUT2D eigenvalue weighted by Gasteiger charge is 1.90. The third-order valence-corrected chi connectivity index (χ3v) is 2.65. The van der Waals surface area contributed by atoms with Crippen molar-refractivity contribution in [3.8, 4) is 0 Å². The molecule has 0 spiro atoms. The Labute approximate surface area is 102 Å². The van der Waals surface area contributed by atoms with Gasteiger partial charge in [0.1, 0.15) is 0 Å². The minimum atomic E-state index is 0. The lowest BCUT2D eigenvalue weighted by Gasteiger charge is -1.99. The summed E-state index contributed by atoms with van der Waals surface area (Å²) >= 11 is 3.44. The fourth-order valence-electron chi connectivity index (χ4n) is 1.30. The van der Waals surface area contributed by atoms with E-state index in [9.17, 15) is 0 Å². The smallest absolute Gasteiger partial charge is 0.00313 e. The molecule has 0 fully saturated rings. The highest BCUT2D eigenvalue weighted by Crippen LogP contribution is 2.08. The van der Waals surface area contributed by atoms with Gasteiger partial charge >= 0.3 is 0 Å². The quantitative estimate of drug-likeness (QED) is 0.504. The predicted molar refractivity (Wildman–Crippen MR) is 70.1 cm³/mol. The van der Waals surface area contributed by atoms with Crippen molar-refractivity contribution in [3.05, 3.63) is 0 Å². The van der Waals surface area contributed by atoms with E-state index in [0.29, 0.717) is 0 Å². The second-order valence-corrected chi connectivity index (χ2v) is 4.10. The van der Waals surface area contributed by atoms with Gasteiger partial charge in [-0.3, -0.25) is 0 Å². The zero-order valence-corrected chi connectivity index (χ0v) is 11.7. The van der Waals surface area contributed by atoms with Crippen molar-refractivity contribution >= 4 is 32.9 Å². The van der Waals surface area contributed by atoms with Crippen LogP contribution in [0.4, 0.5) is 0 Å². The van der Waals surface area contributed by atoms with Crippen LogP contribution in [0, 0.1) is 0 Å². The standard InChI is InChI=1S/C10H22BrN.BrH/c11-9-7-5-3-1-2-4-6-8-10-12;/h1-10,12H2;1H. The Morgan fingerprint density at radius 2 is 1.08 bits per heavy atom. The highest BCUT2D eigenvalue weighted by atomic mass is 79.9. The van der Waals surface area contributed by atoms with Gasteiger partial charge in [-0.1, -0.05) is 54.5 Å². The van der Waals surface area contributed by atoms with Crippen molar-refractivity contribution < 1.29 is 0 Å². The summed E-state index contributed by atoms with van der Waals surface area (Å²) < 4.78 is 0. The molecular weight excluding hydrogens is 294 g/mol. The van der Waals surface area contributed by atoms with Crippen molar-refractivity contribution in [1.29, 1.82) is 0 Å². The Bertz CT molecular complexity index is 69.3. The van der Waals surface area contributed by atoms with Crippen LogP contribution in [0.15, 0.2) is 0 Å². The molecule has 0 aliphatic carbocycles. The number of hydrogen-bond acceptors (Lipinski definition) is 1. The minimum Gasteiger partial charge on any atom is -0.330 e. The lowest BCUT2D eigenvalue weighted by atomic mass is 10.1. The Morgan fingerprint density at radius 3 is 1.46 bits per heavy atom. The van der Waals surface area contributed by atoms with Crippen LogP contribution in [-0.4, -0.2) is 11.9 Å². The third-order valence-electron chi connectivity index (χ3n) is 2.09. The van der Waals surface area contributed by atoms with Crippen molar-refractivity contribution in [2.24, 2.45) is 5.73 Å². The Hall–Kier alpha value is 0.920. The van der Waals surface area contributed by atoms with Crippen LogP contribution in [0.2, 0.25) is 0 Å². The van der Waals surface area contributed by atoms with Gasteiger partial charge in [0, 0.05) is 5.33 Å². The second-order valence-electron chi connectivity index (χ2n) is 3.31. The molecule has 3 heteroatoms. The summed E-state index contributed by atoms with van der Waals surface area (Å²) in [5, 5.41) is 1.17. The molecule has 0 atom stereocenters. The predicted octanol–water partition coefficient (Wildman–Crippen LogP) is 4.04. The number of alkyl halides is 1. The molecule has 0 radical (unpaired) electrons. The number of nitrogens with two attached hydrogens (primary N) is 1. The van der Waals surface area contributed by atoms with Crippen molar-refractivity contribution in [3.63, 3.8) is 0 Å². The molecule has 0 saturated heterocycles. The summed E-state index contributed by atoms with van der Waals surface area (Å²) in [5.41, 5.74) is 5.40. The van der Waals surface area contributed by atoms with E-state index in [4.69, 9.17) is 5.73 Å². The Kier molecular flexibility index (Phi) is 19.4. The molecule has 0 heterocycles. The van der Waals surface area contributed by atoms with E-state index in [0.717, 1.165) is 6.54 Å². The van der Waals surface area contributed by atoms with E-state index in [-0.39, 0.29) is 17.0 Å². The molecule has 0 rings (SSSR count). The molecule has 0 aliphatic rings. The van der Waals surface area contributed by atoms with E-state index < -0.39 is 0 Å². The molecule has 0 unspecified atom stereocenters. The number of halogens is 2. The zero-order valence-electron chi connectivity index (χ0n) is 8.43. The van der Waals surface area contributed by atoms with Gasteiger partial charge in [0.2, 0.25) is 0 Å². The number of unbranched alkanes of at least 4 members (excludes halogenated alkanes) is 7. The van der Waals surface area contributed by atoms with Crippen LogP contribution < -0.4 is 5.73 Å². The molecular formula is C10H23Br2N. The van der Waals surface area contributed by atoms with Crippen LogP contribution in [0.25, 0.3) is 0 Å². The van der Waals surface area contributed by atoms with Crippen LogP contribution in [0.3, 0.4) is 0 Å². The van der Waals surface area contributed by atoms with E-state index in [1.165, 1.54) is 56.7 Å². The first-order chi connectivity index (χ1) is 5.91.